The highest BCUT2D eigenvalue weighted by molar-refractivity contribution is 7.22. The molecule has 2 atom stereocenters. The number of fused-ring (bicyclic) bond motifs is 2. The first-order chi connectivity index (χ1) is 17.3. The molecule has 1 N–H and O–H groups in total. The number of carbonyl (C=O) groups is 2. The van der Waals surface area contributed by atoms with Gasteiger partial charge in [-0.2, -0.15) is 0 Å². The van der Waals surface area contributed by atoms with Crippen molar-refractivity contribution >= 4 is 55.7 Å². The van der Waals surface area contributed by atoms with Crippen molar-refractivity contribution in [1.82, 2.24) is 4.98 Å². The van der Waals surface area contributed by atoms with Crippen LogP contribution in [0.3, 0.4) is 0 Å². The Morgan fingerprint density at radius 1 is 1.17 bits per heavy atom. The van der Waals surface area contributed by atoms with Gasteiger partial charge in [0.1, 0.15) is 29.5 Å². The monoisotopic (exact) mass is 520 g/mol. The fourth-order valence-electron chi connectivity index (χ4n) is 4.74. The molecule has 0 bridgehead atoms. The van der Waals surface area contributed by atoms with E-state index in [1.807, 2.05) is 6.92 Å². The lowest BCUT2D eigenvalue weighted by atomic mass is 9.94. The Kier molecular flexibility index (Phi) is 5.31. The first-order valence-electron chi connectivity index (χ1n) is 11.2. The van der Waals surface area contributed by atoms with Gasteiger partial charge in [0.2, 0.25) is 0 Å². The van der Waals surface area contributed by atoms with E-state index in [4.69, 9.17) is 16.3 Å². The van der Waals surface area contributed by atoms with Gasteiger partial charge in [-0.1, -0.05) is 41.1 Å². The molecule has 1 saturated heterocycles. The van der Waals surface area contributed by atoms with Crippen LogP contribution in [0.1, 0.15) is 29.7 Å². The number of ether oxygens (including phenoxy) is 1. The van der Waals surface area contributed by atoms with E-state index >= 15 is 4.39 Å². The van der Waals surface area contributed by atoms with Crippen molar-refractivity contribution in [2.45, 2.75) is 25.5 Å². The molecule has 0 saturated carbocycles. The summed E-state index contributed by atoms with van der Waals surface area (Å²) in [5, 5.41) is 12.1. The zero-order valence-electron chi connectivity index (χ0n) is 18.9. The average molecular weight is 521 g/mol. The molecule has 2 aliphatic heterocycles. The lowest BCUT2D eigenvalue weighted by Crippen LogP contribution is -2.29. The Morgan fingerprint density at radius 3 is 2.78 bits per heavy atom. The topological polar surface area (TPSA) is 79.7 Å². The van der Waals surface area contributed by atoms with Gasteiger partial charge in [0.15, 0.2) is 5.13 Å². The van der Waals surface area contributed by atoms with Crippen LogP contribution in [0, 0.1) is 5.82 Å². The fourth-order valence-corrected chi connectivity index (χ4v) is 6.00. The van der Waals surface area contributed by atoms with Crippen molar-refractivity contribution in [3.8, 4) is 5.75 Å². The number of aliphatic hydroxyl groups excluding tert-OH is 1. The molecule has 0 spiro atoms. The molecule has 36 heavy (non-hydrogen) atoms. The third kappa shape index (κ3) is 3.56. The molecule has 1 amide bonds. The van der Waals surface area contributed by atoms with Crippen molar-refractivity contribution in [3.05, 3.63) is 93.8 Å². The molecule has 1 fully saturated rings. The molecule has 6 rings (SSSR count). The second-order valence-electron chi connectivity index (χ2n) is 8.75. The van der Waals surface area contributed by atoms with Gasteiger partial charge in [-0.15, -0.1) is 0 Å². The molecule has 3 aromatic carbocycles. The van der Waals surface area contributed by atoms with Crippen LogP contribution < -0.4 is 9.64 Å². The van der Waals surface area contributed by atoms with E-state index < -0.39 is 23.5 Å². The predicted octanol–water partition coefficient (Wildman–Crippen LogP) is 6.04. The molecule has 0 radical (unpaired) electrons. The summed E-state index contributed by atoms with van der Waals surface area (Å²) >= 11 is 7.27. The van der Waals surface area contributed by atoms with Crippen LogP contribution in [0.25, 0.3) is 16.0 Å². The number of aromatic nitrogens is 1. The fraction of sp³-hybridized carbons (Fsp3) is 0.148. The second kappa shape index (κ2) is 8.43. The van der Waals surface area contributed by atoms with Gasteiger partial charge in [0.25, 0.3) is 5.78 Å². The van der Waals surface area contributed by atoms with Gasteiger partial charge in [-0.05, 0) is 55.0 Å². The SMILES string of the molecule is C[C@@H]1Cc2cc(C(O)=C3C(=O)C(=O)N(c4nc5ccc(Cl)cc5s4)[C@@H]3c3ccccc3F)ccc2O1. The normalized spacial score (nSPS) is 20.7. The number of ketones is 1. The van der Waals surface area contributed by atoms with E-state index in [1.165, 1.54) is 18.2 Å². The Morgan fingerprint density at radius 2 is 1.97 bits per heavy atom. The van der Waals surface area contributed by atoms with Gasteiger partial charge < -0.3 is 9.84 Å². The summed E-state index contributed by atoms with van der Waals surface area (Å²) in [5.74, 6) is -2.09. The zero-order chi connectivity index (χ0) is 25.1. The van der Waals surface area contributed by atoms with Crippen molar-refractivity contribution in [3.63, 3.8) is 0 Å². The van der Waals surface area contributed by atoms with Gasteiger partial charge in [0, 0.05) is 22.6 Å². The van der Waals surface area contributed by atoms with Gasteiger partial charge in [0.05, 0.1) is 15.8 Å². The number of hydrogen-bond donors (Lipinski definition) is 1. The lowest BCUT2D eigenvalue weighted by molar-refractivity contribution is -0.132. The van der Waals surface area contributed by atoms with Gasteiger partial charge in [-0.3, -0.25) is 14.5 Å². The van der Waals surface area contributed by atoms with Crippen molar-refractivity contribution in [2.75, 3.05) is 4.90 Å². The molecule has 4 aromatic rings. The number of hydrogen-bond acceptors (Lipinski definition) is 6. The van der Waals surface area contributed by atoms with Gasteiger partial charge >= 0.3 is 5.91 Å². The maximum Gasteiger partial charge on any atom is 0.301 e. The van der Waals surface area contributed by atoms with Gasteiger partial charge in [-0.25, -0.2) is 9.37 Å². The summed E-state index contributed by atoms with van der Waals surface area (Å²) in [7, 11) is 0. The Bertz CT molecular complexity index is 1610. The van der Waals surface area contributed by atoms with Crippen LogP contribution in [-0.4, -0.2) is 27.9 Å². The summed E-state index contributed by atoms with van der Waals surface area (Å²) in [6.45, 7) is 1.94. The standard InChI is InChI=1S/C27H18ClFN2O4S/c1-13-10-15-11-14(6-9-20(15)35-13)24(32)22-23(17-4-2-3-5-18(17)29)31(26(34)25(22)33)27-30-19-8-7-16(28)12-21(19)36-27/h2-9,11-13,23,32H,10H2,1H3/t13-,23-/m1/s1. The van der Waals surface area contributed by atoms with Crippen LogP contribution in [0.5, 0.6) is 5.75 Å². The minimum absolute atomic E-state index is 0.00562. The lowest BCUT2D eigenvalue weighted by Gasteiger charge is -2.23. The molecule has 6 nitrogen and oxygen atoms in total. The van der Waals surface area contributed by atoms with Crippen LogP contribution in [0.4, 0.5) is 9.52 Å². The number of amides is 1. The van der Waals surface area contributed by atoms with Crippen molar-refractivity contribution in [1.29, 1.82) is 0 Å². The third-order valence-electron chi connectivity index (χ3n) is 6.36. The molecule has 3 heterocycles. The number of aliphatic hydroxyl groups is 1. The van der Waals surface area contributed by atoms with E-state index in [1.54, 1.807) is 42.5 Å². The van der Waals surface area contributed by atoms with E-state index in [-0.39, 0.29) is 28.1 Å². The quantitative estimate of drug-likeness (QED) is 0.202. The van der Waals surface area contributed by atoms with Crippen LogP contribution in [-0.2, 0) is 16.0 Å². The summed E-state index contributed by atoms with van der Waals surface area (Å²) in [6, 6.07) is 14.9. The molecule has 9 heteroatoms. The number of halogens is 2. The highest BCUT2D eigenvalue weighted by Gasteiger charge is 2.49. The molecule has 2 aliphatic rings. The Labute approximate surface area is 214 Å². The van der Waals surface area contributed by atoms with E-state index in [0.29, 0.717) is 33.0 Å². The summed E-state index contributed by atoms with van der Waals surface area (Å²) in [4.78, 5) is 32.4. The number of rotatable bonds is 3. The maximum atomic E-state index is 15.1. The first kappa shape index (κ1) is 22.7. The van der Waals surface area contributed by atoms with Crippen molar-refractivity contribution < 1.29 is 23.8 Å². The number of thiazole rings is 1. The Hall–Kier alpha value is -3.75. The number of Topliss-reactive ketones (excluding diaryl/α,β-unsaturated/α-hetero) is 1. The molecular weight excluding hydrogens is 503 g/mol. The number of anilines is 1. The minimum Gasteiger partial charge on any atom is -0.507 e. The predicted molar refractivity (Wildman–Crippen MR) is 136 cm³/mol. The Balaban J connectivity index is 1.55. The van der Waals surface area contributed by atoms with E-state index in [0.717, 1.165) is 21.8 Å². The number of nitrogens with zero attached hydrogens (tertiary/aromatic N) is 2. The van der Waals surface area contributed by atoms with E-state index in [2.05, 4.69) is 4.98 Å². The first-order valence-corrected chi connectivity index (χ1v) is 12.4. The van der Waals surface area contributed by atoms with Crippen LogP contribution >= 0.6 is 22.9 Å². The second-order valence-corrected chi connectivity index (χ2v) is 10.2. The minimum atomic E-state index is -1.20. The maximum absolute atomic E-state index is 15.1. The van der Waals surface area contributed by atoms with Crippen LogP contribution in [0.2, 0.25) is 5.02 Å². The smallest absolute Gasteiger partial charge is 0.301 e. The molecular formula is C27H18ClFN2O4S. The highest BCUT2D eigenvalue weighted by Crippen LogP contribution is 2.45. The summed E-state index contributed by atoms with van der Waals surface area (Å²) in [6.07, 6.45) is 0.643. The molecule has 1 aromatic heterocycles. The molecule has 180 valence electrons. The summed E-state index contributed by atoms with van der Waals surface area (Å²) in [5.41, 5.74) is 1.69. The molecule has 0 unspecified atom stereocenters. The number of benzene rings is 3. The largest absolute Gasteiger partial charge is 0.507 e. The molecule has 0 aliphatic carbocycles. The average Bonchev–Trinajstić information content (AvgIpc) is 3.51. The van der Waals surface area contributed by atoms with Crippen LogP contribution in [0.15, 0.2) is 66.2 Å². The van der Waals surface area contributed by atoms with E-state index in [9.17, 15) is 14.7 Å². The zero-order valence-corrected chi connectivity index (χ0v) is 20.4. The number of carbonyl (C=O) groups excluding carboxylic acids is 2. The highest BCUT2D eigenvalue weighted by atomic mass is 35.5. The summed E-state index contributed by atoms with van der Waals surface area (Å²) < 4.78 is 21.5. The van der Waals surface area contributed by atoms with Crippen molar-refractivity contribution in [2.24, 2.45) is 0 Å². The third-order valence-corrected chi connectivity index (χ3v) is 7.61.